The maximum atomic E-state index is 13.4. The number of urea groups is 1. The minimum absolute atomic E-state index is 0.116. The summed E-state index contributed by atoms with van der Waals surface area (Å²) in [6.45, 7) is 17.1. The average Bonchev–Trinajstić information content (AvgIpc) is 3.18. The SMILES string of the molecule is C=CC1=C(C=C)N(CC(O)CN2CCC3(CC2)NC(=O)NC3=O)C2CC(C(F)(F)F)=CC=C2S1.CC.CC. The Hall–Kier alpha value is -2.50. The van der Waals surface area contributed by atoms with Gasteiger partial charge in [-0.2, -0.15) is 13.2 Å². The second-order valence-electron chi connectivity index (χ2n) is 8.84. The molecule has 2 atom stereocenters. The van der Waals surface area contributed by atoms with Crippen molar-refractivity contribution in [3.8, 4) is 0 Å². The van der Waals surface area contributed by atoms with E-state index >= 15 is 0 Å². The van der Waals surface area contributed by atoms with Crippen LogP contribution in [0.1, 0.15) is 47.0 Å². The fourth-order valence-corrected chi connectivity index (χ4v) is 6.03. The van der Waals surface area contributed by atoms with Crippen molar-refractivity contribution in [1.29, 1.82) is 0 Å². The van der Waals surface area contributed by atoms with Crippen molar-refractivity contribution in [3.05, 3.63) is 58.5 Å². The Balaban J connectivity index is 0.00000121. The number of thioether (sulfide) groups is 1. The number of nitrogens with zero attached hydrogens (tertiary/aromatic N) is 2. The monoisotopic (exact) mass is 556 g/mol. The molecule has 7 nitrogen and oxygen atoms in total. The van der Waals surface area contributed by atoms with Gasteiger partial charge < -0.3 is 20.2 Å². The fourth-order valence-electron chi connectivity index (χ4n) is 4.91. The maximum Gasteiger partial charge on any atom is 0.412 e. The number of nitrogens with one attached hydrogen (secondary N) is 2. The molecule has 2 unspecified atom stereocenters. The van der Waals surface area contributed by atoms with Gasteiger partial charge in [0, 0.05) is 48.0 Å². The van der Waals surface area contributed by atoms with E-state index in [4.69, 9.17) is 0 Å². The van der Waals surface area contributed by atoms with Crippen LogP contribution < -0.4 is 10.6 Å². The Morgan fingerprint density at radius 3 is 2.26 bits per heavy atom. The van der Waals surface area contributed by atoms with Gasteiger partial charge in [-0.15, -0.1) is 0 Å². The summed E-state index contributed by atoms with van der Waals surface area (Å²) in [5.74, 6) is -0.327. The normalized spacial score (nSPS) is 23.5. The van der Waals surface area contributed by atoms with Crippen molar-refractivity contribution in [3.63, 3.8) is 0 Å². The van der Waals surface area contributed by atoms with Crippen molar-refractivity contribution in [2.75, 3.05) is 26.2 Å². The Bertz CT molecular complexity index is 998. The molecule has 212 valence electrons. The molecule has 0 aromatic heterocycles. The summed E-state index contributed by atoms with van der Waals surface area (Å²) >= 11 is 1.37. The summed E-state index contributed by atoms with van der Waals surface area (Å²) in [4.78, 5) is 29.0. The quantitative estimate of drug-likeness (QED) is 0.406. The van der Waals surface area contributed by atoms with Crippen LogP contribution in [0.5, 0.6) is 0 Å². The lowest BCUT2D eigenvalue weighted by atomic mass is 9.87. The number of alkyl halides is 3. The van der Waals surface area contributed by atoms with E-state index < -0.39 is 35.5 Å². The Labute approximate surface area is 227 Å². The first-order chi connectivity index (χ1) is 18.1. The standard InChI is InChI=1S/C23H27F3N4O3S.2C2H6/c1-3-16-18(4-2)34-19-6-5-14(23(24,25)26)11-17(19)30(16)13-15(31)12-29-9-7-22(8-10-29)20(32)27-21(33)28-22;2*1-2/h3-6,15,17,31H,1-2,7-13H2,(H2,27,28,32,33);2*1-2H3. The molecule has 0 saturated carbocycles. The molecule has 0 aromatic rings. The summed E-state index contributed by atoms with van der Waals surface area (Å²) in [6, 6.07) is -1.05. The lowest BCUT2D eigenvalue weighted by molar-refractivity contribution is -0.125. The van der Waals surface area contributed by atoms with E-state index in [2.05, 4.69) is 23.8 Å². The molecule has 11 heteroatoms. The number of halogens is 3. The second-order valence-corrected chi connectivity index (χ2v) is 9.95. The number of fused-ring (bicyclic) bond motifs is 1. The summed E-state index contributed by atoms with van der Waals surface area (Å²) < 4.78 is 40.2. The first-order valence-electron chi connectivity index (χ1n) is 13.0. The number of allylic oxidation sites excluding steroid dienone is 4. The molecule has 3 N–H and O–H groups in total. The third-order valence-corrected chi connectivity index (χ3v) is 7.94. The van der Waals surface area contributed by atoms with E-state index in [1.165, 1.54) is 17.8 Å². The Morgan fingerprint density at radius 1 is 1.13 bits per heavy atom. The molecule has 0 bridgehead atoms. The van der Waals surface area contributed by atoms with Crippen LogP contribution in [0.3, 0.4) is 0 Å². The zero-order valence-corrected chi connectivity index (χ0v) is 23.3. The smallest absolute Gasteiger partial charge is 0.390 e. The van der Waals surface area contributed by atoms with Gasteiger partial charge in [-0.1, -0.05) is 64.8 Å². The predicted molar refractivity (Wildman–Crippen MR) is 146 cm³/mol. The summed E-state index contributed by atoms with van der Waals surface area (Å²) in [6.07, 6.45) is 1.21. The highest BCUT2D eigenvalue weighted by Crippen LogP contribution is 2.46. The molecule has 2 saturated heterocycles. The third-order valence-electron chi connectivity index (χ3n) is 6.70. The van der Waals surface area contributed by atoms with Gasteiger partial charge in [0.05, 0.1) is 17.8 Å². The van der Waals surface area contributed by atoms with Crippen LogP contribution in [0.25, 0.3) is 0 Å². The Kier molecular flexibility index (Phi) is 11.3. The van der Waals surface area contributed by atoms with Crippen molar-refractivity contribution in [2.45, 2.75) is 70.8 Å². The highest BCUT2D eigenvalue weighted by molar-refractivity contribution is 8.07. The number of carbonyl (C=O) groups is 2. The van der Waals surface area contributed by atoms with Crippen molar-refractivity contribution < 1.29 is 27.9 Å². The molecule has 1 aliphatic carbocycles. The number of likely N-dealkylation sites (tertiary alicyclic amines) is 1. The van der Waals surface area contributed by atoms with Crippen LogP contribution in [0.15, 0.2) is 58.5 Å². The highest BCUT2D eigenvalue weighted by Gasteiger charge is 2.48. The largest absolute Gasteiger partial charge is 0.412 e. The molecule has 4 aliphatic rings. The van der Waals surface area contributed by atoms with Crippen LogP contribution in [0, 0.1) is 0 Å². The zero-order chi connectivity index (χ0) is 28.7. The number of hydrogen-bond acceptors (Lipinski definition) is 6. The minimum atomic E-state index is -4.42. The fraction of sp³-hybridized carbons (Fsp3) is 0.556. The van der Waals surface area contributed by atoms with Crippen LogP contribution in [0.2, 0.25) is 0 Å². The molecule has 4 rings (SSSR count). The lowest BCUT2D eigenvalue weighted by Gasteiger charge is -2.44. The summed E-state index contributed by atoms with van der Waals surface area (Å²) in [5, 5.41) is 15.9. The van der Waals surface area contributed by atoms with E-state index in [1.807, 2.05) is 32.6 Å². The van der Waals surface area contributed by atoms with E-state index in [0.717, 1.165) is 15.9 Å². The van der Waals surface area contributed by atoms with Crippen LogP contribution in [0.4, 0.5) is 18.0 Å². The molecular formula is C27H39F3N4O3S. The van der Waals surface area contributed by atoms with Crippen LogP contribution in [-0.2, 0) is 4.79 Å². The third kappa shape index (κ3) is 6.92. The van der Waals surface area contributed by atoms with Gasteiger partial charge in [-0.25, -0.2) is 4.79 Å². The van der Waals surface area contributed by atoms with Crippen molar-refractivity contribution in [1.82, 2.24) is 20.4 Å². The molecule has 3 amide bonds. The number of aliphatic hydroxyl groups excluding tert-OH is 1. The highest BCUT2D eigenvalue weighted by atomic mass is 32.2. The number of hydrogen-bond donors (Lipinski definition) is 3. The first-order valence-corrected chi connectivity index (χ1v) is 13.8. The number of carbonyl (C=O) groups excluding carboxylic acids is 2. The van der Waals surface area contributed by atoms with Crippen LogP contribution in [-0.4, -0.2) is 76.9 Å². The number of piperidine rings is 1. The maximum absolute atomic E-state index is 13.4. The number of rotatable bonds is 6. The molecule has 38 heavy (non-hydrogen) atoms. The zero-order valence-electron chi connectivity index (χ0n) is 22.5. The number of amides is 3. The van der Waals surface area contributed by atoms with E-state index in [9.17, 15) is 27.9 Å². The molecule has 0 radical (unpaired) electrons. The molecule has 1 spiro atoms. The topological polar surface area (TPSA) is 84.9 Å². The van der Waals surface area contributed by atoms with E-state index in [1.54, 1.807) is 17.1 Å². The number of imide groups is 1. The molecule has 3 heterocycles. The van der Waals surface area contributed by atoms with Crippen molar-refractivity contribution >= 4 is 23.7 Å². The van der Waals surface area contributed by atoms with Gasteiger partial charge in [0.2, 0.25) is 0 Å². The van der Waals surface area contributed by atoms with Gasteiger partial charge in [-0.3, -0.25) is 10.1 Å². The van der Waals surface area contributed by atoms with E-state index in [0.29, 0.717) is 31.6 Å². The van der Waals surface area contributed by atoms with Gasteiger partial charge in [-0.05, 0) is 25.0 Å². The average molecular weight is 557 g/mol. The summed E-state index contributed by atoms with van der Waals surface area (Å²) in [5.41, 5.74) is -0.861. The first kappa shape index (κ1) is 31.7. The van der Waals surface area contributed by atoms with E-state index in [-0.39, 0.29) is 25.4 Å². The number of β-amino-alcohol motifs (C(OH)–C–C–N with tert-alkyl or cyclic N) is 1. The van der Waals surface area contributed by atoms with Crippen molar-refractivity contribution in [2.24, 2.45) is 0 Å². The number of aliphatic hydroxyl groups is 1. The van der Waals surface area contributed by atoms with Crippen LogP contribution >= 0.6 is 11.8 Å². The second kappa shape index (κ2) is 13.5. The molecular weight excluding hydrogens is 517 g/mol. The molecule has 3 aliphatic heterocycles. The van der Waals surface area contributed by atoms with Gasteiger partial charge in [0.1, 0.15) is 5.54 Å². The lowest BCUT2D eigenvalue weighted by Crippen LogP contribution is -2.56. The molecule has 0 aromatic carbocycles. The Morgan fingerprint density at radius 2 is 1.76 bits per heavy atom. The summed E-state index contributed by atoms with van der Waals surface area (Å²) in [7, 11) is 0. The van der Waals surface area contributed by atoms with Gasteiger partial charge >= 0.3 is 12.2 Å². The van der Waals surface area contributed by atoms with Gasteiger partial charge in [0.15, 0.2) is 0 Å². The molecule has 2 fully saturated rings. The minimum Gasteiger partial charge on any atom is -0.390 e. The van der Waals surface area contributed by atoms with Gasteiger partial charge in [0.25, 0.3) is 5.91 Å². The predicted octanol–water partition coefficient (Wildman–Crippen LogP) is 4.85.